The van der Waals surface area contributed by atoms with Gasteiger partial charge in [-0.05, 0) is 38.1 Å². The number of rotatable bonds is 5. The molecule has 25 heavy (non-hydrogen) atoms. The summed E-state index contributed by atoms with van der Waals surface area (Å²) in [6, 6.07) is 6.37. The minimum absolute atomic E-state index is 0.0792. The number of carbonyl (C=O) groups excluding carboxylic acids is 1. The van der Waals surface area contributed by atoms with Crippen LogP contribution in [0.2, 0.25) is 0 Å². The van der Waals surface area contributed by atoms with Crippen molar-refractivity contribution < 1.29 is 27.8 Å². The molecule has 0 spiro atoms. The molecular formula is C19H18F2O4. The molecule has 0 fully saturated rings. The van der Waals surface area contributed by atoms with Crippen LogP contribution in [0, 0.1) is 11.6 Å². The van der Waals surface area contributed by atoms with E-state index in [0.29, 0.717) is 24.0 Å². The van der Waals surface area contributed by atoms with Gasteiger partial charge in [0.25, 0.3) is 0 Å². The smallest absolute Gasteiger partial charge is 0.341 e. The summed E-state index contributed by atoms with van der Waals surface area (Å²) in [7, 11) is 0. The summed E-state index contributed by atoms with van der Waals surface area (Å²) in [5, 5.41) is 0. The van der Waals surface area contributed by atoms with Crippen molar-refractivity contribution >= 4 is 5.97 Å². The molecule has 2 aromatic rings. The van der Waals surface area contributed by atoms with Crippen LogP contribution in [0.15, 0.2) is 30.3 Å². The molecule has 1 heterocycles. The second kappa shape index (κ2) is 7.09. The Labute approximate surface area is 144 Å². The molecule has 1 aliphatic heterocycles. The maximum absolute atomic E-state index is 13.7. The molecule has 132 valence electrons. The van der Waals surface area contributed by atoms with Crippen molar-refractivity contribution in [1.29, 1.82) is 0 Å². The van der Waals surface area contributed by atoms with Gasteiger partial charge in [0.1, 0.15) is 35.8 Å². The SMILES string of the molecule is CCOc1cc2c(cc1COC(=O)c1ccc(F)cc1F)OC(C)C2. The maximum Gasteiger partial charge on any atom is 0.341 e. The van der Waals surface area contributed by atoms with Crippen LogP contribution in [0.4, 0.5) is 8.78 Å². The zero-order chi connectivity index (χ0) is 18.0. The van der Waals surface area contributed by atoms with Gasteiger partial charge in [0, 0.05) is 23.6 Å². The lowest BCUT2D eigenvalue weighted by molar-refractivity contribution is 0.0463. The average molecular weight is 348 g/mol. The topological polar surface area (TPSA) is 44.8 Å². The van der Waals surface area contributed by atoms with E-state index in [2.05, 4.69) is 0 Å². The van der Waals surface area contributed by atoms with Gasteiger partial charge in [-0.25, -0.2) is 13.6 Å². The molecule has 0 N–H and O–H groups in total. The van der Waals surface area contributed by atoms with Crippen LogP contribution in [0.1, 0.15) is 35.3 Å². The molecule has 3 rings (SSSR count). The van der Waals surface area contributed by atoms with E-state index >= 15 is 0 Å². The Bertz CT molecular complexity index is 804. The third-order valence-corrected chi connectivity index (χ3v) is 3.89. The fraction of sp³-hybridized carbons (Fsp3) is 0.316. The Morgan fingerprint density at radius 2 is 2.08 bits per heavy atom. The van der Waals surface area contributed by atoms with Crippen molar-refractivity contribution in [2.75, 3.05) is 6.61 Å². The first-order valence-electron chi connectivity index (χ1n) is 8.05. The molecule has 2 aromatic carbocycles. The van der Waals surface area contributed by atoms with Crippen LogP contribution in [0.3, 0.4) is 0 Å². The fourth-order valence-electron chi connectivity index (χ4n) is 2.76. The van der Waals surface area contributed by atoms with Crippen molar-refractivity contribution in [3.8, 4) is 11.5 Å². The van der Waals surface area contributed by atoms with E-state index in [0.717, 1.165) is 29.9 Å². The first-order valence-corrected chi connectivity index (χ1v) is 8.05. The van der Waals surface area contributed by atoms with E-state index in [1.54, 1.807) is 6.07 Å². The van der Waals surface area contributed by atoms with Crippen molar-refractivity contribution in [3.05, 3.63) is 58.7 Å². The first-order chi connectivity index (χ1) is 12.0. The average Bonchev–Trinajstić information content (AvgIpc) is 2.91. The number of hydrogen-bond acceptors (Lipinski definition) is 4. The number of hydrogen-bond donors (Lipinski definition) is 0. The summed E-state index contributed by atoms with van der Waals surface area (Å²) in [4.78, 5) is 12.0. The summed E-state index contributed by atoms with van der Waals surface area (Å²) in [6.45, 7) is 4.19. The maximum atomic E-state index is 13.7. The van der Waals surface area contributed by atoms with Crippen LogP contribution in [-0.2, 0) is 17.8 Å². The molecule has 0 saturated heterocycles. The normalized spacial score (nSPS) is 15.4. The van der Waals surface area contributed by atoms with Crippen molar-refractivity contribution in [3.63, 3.8) is 0 Å². The van der Waals surface area contributed by atoms with E-state index < -0.39 is 17.6 Å². The van der Waals surface area contributed by atoms with Crippen LogP contribution >= 0.6 is 0 Å². The summed E-state index contributed by atoms with van der Waals surface area (Å²) in [6.07, 6.45) is 0.867. The standard InChI is InChI=1S/C19H18F2O4/c1-3-23-17-7-12-6-11(2)25-18(12)8-13(17)10-24-19(22)15-5-4-14(20)9-16(15)21/h4-5,7-9,11H,3,6,10H2,1-2H3. The number of halogens is 2. The van der Waals surface area contributed by atoms with Crippen LogP contribution in [0.25, 0.3) is 0 Å². The van der Waals surface area contributed by atoms with Gasteiger partial charge in [-0.2, -0.15) is 0 Å². The van der Waals surface area contributed by atoms with Crippen LogP contribution in [-0.4, -0.2) is 18.7 Å². The minimum atomic E-state index is -0.957. The Kier molecular flexibility index (Phi) is 4.88. The van der Waals surface area contributed by atoms with Gasteiger partial charge < -0.3 is 14.2 Å². The van der Waals surface area contributed by atoms with Crippen molar-refractivity contribution in [2.24, 2.45) is 0 Å². The van der Waals surface area contributed by atoms with Gasteiger partial charge in [0.05, 0.1) is 12.2 Å². The second-order valence-electron chi connectivity index (χ2n) is 5.83. The van der Waals surface area contributed by atoms with Gasteiger partial charge in [0.15, 0.2) is 0 Å². The van der Waals surface area contributed by atoms with Gasteiger partial charge >= 0.3 is 5.97 Å². The summed E-state index contributed by atoms with van der Waals surface area (Å²) in [5.74, 6) is -1.24. The quantitative estimate of drug-likeness (QED) is 0.765. The molecule has 0 amide bonds. The van der Waals surface area contributed by atoms with Gasteiger partial charge in [-0.3, -0.25) is 0 Å². The van der Waals surface area contributed by atoms with Gasteiger partial charge in [-0.15, -0.1) is 0 Å². The molecule has 1 aliphatic rings. The van der Waals surface area contributed by atoms with Crippen LogP contribution < -0.4 is 9.47 Å². The Balaban J connectivity index is 1.78. The van der Waals surface area contributed by atoms with E-state index in [1.807, 2.05) is 19.9 Å². The lowest BCUT2D eigenvalue weighted by Gasteiger charge is -2.13. The molecule has 6 heteroatoms. The Morgan fingerprint density at radius 1 is 1.28 bits per heavy atom. The highest BCUT2D eigenvalue weighted by atomic mass is 19.1. The summed E-state index contributed by atoms with van der Waals surface area (Å²) in [5.41, 5.74) is 1.35. The number of carbonyl (C=O) groups is 1. The highest BCUT2D eigenvalue weighted by molar-refractivity contribution is 5.89. The predicted molar refractivity (Wildman–Crippen MR) is 86.9 cm³/mol. The third-order valence-electron chi connectivity index (χ3n) is 3.89. The summed E-state index contributed by atoms with van der Waals surface area (Å²) < 4.78 is 43.1. The number of benzene rings is 2. The van der Waals surface area contributed by atoms with Crippen molar-refractivity contribution in [1.82, 2.24) is 0 Å². The van der Waals surface area contributed by atoms with E-state index in [-0.39, 0.29) is 18.3 Å². The van der Waals surface area contributed by atoms with E-state index in [9.17, 15) is 13.6 Å². The zero-order valence-corrected chi connectivity index (χ0v) is 14.0. The van der Waals surface area contributed by atoms with Crippen molar-refractivity contribution in [2.45, 2.75) is 33.0 Å². The first kappa shape index (κ1) is 17.2. The Hall–Kier alpha value is -2.63. The highest BCUT2D eigenvalue weighted by Crippen LogP contribution is 2.35. The number of ether oxygens (including phenoxy) is 3. The predicted octanol–water partition coefficient (Wildman–Crippen LogP) is 4.04. The molecule has 0 aromatic heterocycles. The molecule has 0 saturated carbocycles. The molecule has 1 unspecified atom stereocenters. The monoisotopic (exact) mass is 348 g/mol. The second-order valence-corrected chi connectivity index (χ2v) is 5.83. The molecule has 0 aliphatic carbocycles. The minimum Gasteiger partial charge on any atom is -0.493 e. The number of fused-ring (bicyclic) bond motifs is 1. The highest BCUT2D eigenvalue weighted by Gasteiger charge is 2.23. The molecular weight excluding hydrogens is 330 g/mol. The van der Waals surface area contributed by atoms with Gasteiger partial charge in [0.2, 0.25) is 0 Å². The van der Waals surface area contributed by atoms with E-state index in [4.69, 9.17) is 14.2 Å². The molecule has 0 radical (unpaired) electrons. The van der Waals surface area contributed by atoms with E-state index in [1.165, 1.54) is 0 Å². The fourth-order valence-corrected chi connectivity index (χ4v) is 2.76. The molecule has 1 atom stereocenters. The number of esters is 1. The molecule has 4 nitrogen and oxygen atoms in total. The third kappa shape index (κ3) is 3.73. The van der Waals surface area contributed by atoms with Gasteiger partial charge in [-0.1, -0.05) is 0 Å². The summed E-state index contributed by atoms with van der Waals surface area (Å²) >= 11 is 0. The van der Waals surface area contributed by atoms with Crippen LogP contribution in [0.5, 0.6) is 11.5 Å². The lowest BCUT2D eigenvalue weighted by Crippen LogP contribution is -2.09. The lowest BCUT2D eigenvalue weighted by atomic mass is 10.1. The largest absolute Gasteiger partial charge is 0.493 e. The Morgan fingerprint density at radius 3 is 2.80 bits per heavy atom. The molecule has 0 bridgehead atoms. The zero-order valence-electron chi connectivity index (χ0n) is 14.0.